The summed E-state index contributed by atoms with van der Waals surface area (Å²) in [5, 5.41) is 5.98. The van der Waals surface area contributed by atoms with E-state index in [-0.39, 0.29) is 29.7 Å². The van der Waals surface area contributed by atoms with Crippen LogP contribution in [-0.2, 0) is 6.61 Å². The van der Waals surface area contributed by atoms with Gasteiger partial charge in [-0.2, -0.15) is 4.98 Å². The van der Waals surface area contributed by atoms with Gasteiger partial charge in [0.25, 0.3) is 5.91 Å². The van der Waals surface area contributed by atoms with Crippen LogP contribution in [-0.4, -0.2) is 79.2 Å². The average molecular weight is 629 g/mol. The van der Waals surface area contributed by atoms with Crippen LogP contribution >= 0.6 is 0 Å². The maximum absolute atomic E-state index is 15.0. The second-order valence-corrected chi connectivity index (χ2v) is 11.4. The monoisotopic (exact) mass is 628 g/mol. The highest BCUT2D eigenvalue weighted by molar-refractivity contribution is 6.06. The van der Waals surface area contributed by atoms with Gasteiger partial charge < -0.3 is 34.6 Å². The van der Waals surface area contributed by atoms with Crippen LogP contribution in [0.15, 0.2) is 66.9 Å². The number of nitrogens with zero attached hydrogens (tertiary/aromatic N) is 4. The number of halogens is 1. The third-order valence-corrected chi connectivity index (χ3v) is 7.94. The van der Waals surface area contributed by atoms with Gasteiger partial charge in [0.05, 0.1) is 13.7 Å². The van der Waals surface area contributed by atoms with Crippen molar-refractivity contribution in [2.24, 2.45) is 0 Å². The SMILES string of the molecule is COc1ccccc1COc1nc(Nc2ccc(OCCCN3CCN(C)CC3)c(F)c2)ncc1C(=O)Nc1c(C)cccc1C. The third kappa shape index (κ3) is 8.49. The maximum atomic E-state index is 15.0. The Balaban J connectivity index is 1.28. The first-order valence-electron chi connectivity index (χ1n) is 15.4. The molecule has 0 atom stereocenters. The second-order valence-electron chi connectivity index (χ2n) is 11.4. The summed E-state index contributed by atoms with van der Waals surface area (Å²) in [6.07, 6.45) is 2.21. The molecule has 0 bridgehead atoms. The number of amides is 1. The lowest BCUT2D eigenvalue weighted by Gasteiger charge is -2.32. The third-order valence-electron chi connectivity index (χ3n) is 7.94. The normalized spacial score (nSPS) is 13.7. The van der Waals surface area contributed by atoms with Gasteiger partial charge in [-0.25, -0.2) is 9.37 Å². The minimum Gasteiger partial charge on any atom is -0.496 e. The summed E-state index contributed by atoms with van der Waals surface area (Å²) in [5.74, 6) is 0.116. The fourth-order valence-electron chi connectivity index (χ4n) is 5.22. The van der Waals surface area contributed by atoms with Gasteiger partial charge in [0.15, 0.2) is 11.6 Å². The molecule has 1 fully saturated rings. The van der Waals surface area contributed by atoms with Crippen LogP contribution in [0.1, 0.15) is 33.5 Å². The predicted octanol–water partition coefficient (Wildman–Crippen LogP) is 5.83. The van der Waals surface area contributed by atoms with Gasteiger partial charge in [-0.3, -0.25) is 4.79 Å². The van der Waals surface area contributed by atoms with E-state index in [1.54, 1.807) is 19.2 Å². The van der Waals surface area contributed by atoms with E-state index in [9.17, 15) is 9.18 Å². The highest BCUT2D eigenvalue weighted by Crippen LogP contribution is 2.27. The zero-order valence-electron chi connectivity index (χ0n) is 26.8. The molecular formula is C35H41FN6O4. The molecule has 46 heavy (non-hydrogen) atoms. The van der Waals surface area contributed by atoms with Gasteiger partial charge >= 0.3 is 0 Å². The number of ether oxygens (including phenoxy) is 3. The van der Waals surface area contributed by atoms with Crippen molar-refractivity contribution in [3.8, 4) is 17.4 Å². The number of hydrogen-bond acceptors (Lipinski definition) is 9. The molecule has 1 aliphatic rings. The molecule has 1 amide bonds. The Bertz CT molecular complexity index is 1620. The molecule has 0 aliphatic carbocycles. The summed E-state index contributed by atoms with van der Waals surface area (Å²) >= 11 is 0. The first kappa shape index (κ1) is 32.6. The molecule has 3 aromatic carbocycles. The van der Waals surface area contributed by atoms with Crippen molar-refractivity contribution >= 4 is 23.2 Å². The minimum absolute atomic E-state index is 0.0629. The molecule has 1 aromatic heterocycles. The van der Waals surface area contributed by atoms with E-state index in [1.807, 2.05) is 56.3 Å². The molecular weight excluding hydrogens is 587 g/mol. The van der Waals surface area contributed by atoms with Crippen molar-refractivity contribution in [1.82, 2.24) is 19.8 Å². The smallest absolute Gasteiger partial charge is 0.262 e. The Morgan fingerprint density at radius 3 is 2.46 bits per heavy atom. The molecule has 4 aromatic rings. The summed E-state index contributed by atoms with van der Waals surface area (Å²) in [6, 6.07) is 17.8. The van der Waals surface area contributed by atoms with Crippen LogP contribution in [0, 0.1) is 19.7 Å². The number of carbonyl (C=O) groups is 1. The van der Waals surface area contributed by atoms with Crippen LogP contribution in [0.5, 0.6) is 17.4 Å². The number of carbonyl (C=O) groups excluding carboxylic acids is 1. The Morgan fingerprint density at radius 2 is 1.72 bits per heavy atom. The molecule has 1 saturated heterocycles. The van der Waals surface area contributed by atoms with Crippen LogP contribution in [0.3, 0.4) is 0 Å². The van der Waals surface area contributed by atoms with Crippen molar-refractivity contribution in [2.75, 3.05) is 64.1 Å². The van der Waals surface area contributed by atoms with E-state index in [4.69, 9.17) is 14.2 Å². The molecule has 11 heteroatoms. The van der Waals surface area contributed by atoms with Gasteiger partial charge in [-0.15, -0.1) is 0 Å². The molecule has 0 radical (unpaired) electrons. The zero-order valence-corrected chi connectivity index (χ0v) is 26.8. The number of nitrogens with one attached hydrogen (secondary N) is 2. The molecule has 1 aliphatic heterocycles. The summed E-state index contributed by atoms with van der Waals surface area (Å²) in [6.45, 7) is 9.50. The van der Waals surface area contributed by atoms with E-state index >= 15 is 0 Å². The molecule has 0 saturated carbocycles. The fourth-order valence-corrected chi connectivity index (χ4v) is 5.22. The van der Waals surface area contributed by atoms with Crippen molar-refractivity contribution in [1.29, 1.82) is 0 Å². The zero-order chi connectivity index (χ0) is 32.5. The number of piperazine rings is 1. The summed E-state index contributed by atoms with van der Waals surface area (Å²) in [4.78, 5) is 27.0. The molecule has 10 nitrogen and oxygen atoms in total. The van der Waals surface area contributed by atoms with Crippen molar-refractivity contribution in [3.05, 3.63) is 94.9 Å². The number of benzene rings is 3. The van der Waals surface area contributed by atoms with Crippen LogP contribution in [0.4, 0.5) is 21.7 Å². The number of aromatic nitrogens is 2. The van der Waals surface area contributed by atoms with E-state index in [0.717, 1.165) is 55.8 Å². The first-order chi connectivity index (χ1) is 22.3. The number of rotatable bonds is 13. The number of para-hydroxylation sites is 2. The van der Waals surface area contributed by atoms with Crippen molar-refractivity contribution < 1.29 is 23.4 Å². The van der Waals surface area contributed by atoms with Crippen molar-refractivity contribution in [3.63, 3.8) is 0 Å². The standard InChI is InChI=1S/C35H41FN6O4/c1-24-9-7-10-25(2)32(24)39-33(43)28-22-37-35(40-34(28)46-23-26-11-5-6-12-30(26)44-4)38-27-13-14-31(29(36)21-27)45-20-8-15-42-18-16-41(3)17-19-42/h5-7,9-14,21-22H,8,15-20,23H2,1-4H3,(H,39,43)(H,37,38,40). The van der Waals surface area contributed by atoms with E-state index < -0.39 is 11.7 Å². The maximum Gasteiger partial charge on any atom is 0.262 e. The molecule has 2 N–H and O–H groups in total. The second kappa shape index (κ2) is 15.5. The summed E-state index contributed by atoms with van der Waals surface area (Å²) in [5.41, 5.74) is 3.91. The molecule has 5 rings (SSSR count). The molecule has 242 valence electrons. The van der Waals surface area contributed by atoms with E-state index in [2.05, 4.69) is 37.4 Å². The lowest BCUT2D eigenvalue weighted by atomic mass is 10.1. The van der Waals surface area contributed by atoms with Crippen LogP contribution < -0.4 is 24.8 Å². The summed E-state index contributed by atoms with van der Waals surface area (Å²) < 4.78 is 32.2. The topological polar surface area (TPSA) is 101 Å². The van der Waals surface area contributed by atoms with Crippen LogP contribution in [0.25, 0.3) is 0 Å². The van der Waals surface area contributed by atoms with E-state index in [0.29, 0.717) is 23.7 Å². The number of aryl methyl sites for hydroxylation is 2. The average Bonchev–Trinajstić information content (AvgIpc) is 3.05. The highest BCUT2D eigenvalue weighted by atomic mass is 19.1. The molecule has 0 unspecified atom stereocenters. The van der Waals surface area contributed by atoms with Gasteiger partial charge in [-0.05, 0) is 56.6 Å². The largest absolute Gasteiger partial charge is 0.496 e. The van der Waals surface area contributed by atoms with Gasteiger partial charge in [-0.1, -0.05) is 36.4 Å². The number of likely N-dealkylation sites (N-methyl/N-ethyl adjacent to an activating group) is 1. The highest BCUT2D eigenvalue weighted by Gasteiger charge is 2.20. The first-order valence-corrected chi connectivity index (χ1v) is 15.4. The van der Waals surface area contributed by atoms with E-state index in [1.165, 1.54) is 12.3 Å². The minimum atomic E-state index is -0.498. The lowest BCUT2D eigenvalue weighted by Crippen LogP contribution is -2.44. The summed E-state index contributed by atoms with van der Waals surface area (Å²) in [7, 11) is 3.71. The van der Waals surface area contributed by atoms with Gasteiger partial charge in [0, 0.05) is 61.9 Å². The Morgan fingerprint density at radius 1 is 0.957 bits per heavy atom. The Hall–Kier alpha value is -4.74. The van der Waals surface area contributed by atoms with Gasteiger partial charge in [0.1, 0.15) is 17.9 Å². The molecule has 2 heterocycles. The number of hydrogen-bond donors (Lipinski definition) is 2. The molecule has 0 spiro atoms. The van der Waals surface area contributed by atoms with Gasteiger partial charge in [0.2, 0.25) is 11.8 Å². The lowest BCUT2D eigenvalue weighted by molar-refractivity contribution is 0.102. The number of anilines is 3. The van der Waals surface area contributed by atoms with Crippen LogP contribution in [0.2, 0.25) is 0 Å². The predicted molar refractivity (Wildman–Crippen MR) is 177 cm³/mol. The van der Waals surface area contributed by atoms with Crippen molar-refractivity contribution in [2.45, 2.75) is 26.9 Å². The fraction of sp³-hybridized carbons (Fsp3) is 0.343. The Labute approximate surface area is 269 Å². The Kier molecular flexibility index (Phi) is 11.0. The number of methoxy groups -OCH3 is 1. The quantitative estimate of drug-likeness (QED) is 0.177.